The van der Waals surface area contributed by atoms with Gasteiger partial charge in [0.25, 0.3) is 0 Å². The highest BCUT2D eigenvalue weighted by Gasteiger charge is 2.41. The Kier molecular flexibility index (Phi) is 4.26. The summed E-state index contributed by atoms with van der Waals surface area (Å²) in [6, 6.07) is 0. The molecule has 0 heterocycles. The van der Waals surface area contributed by atoms with Crippen molar-refractivity contribution < 1.29 is 5.11 Å². The molecule has 94 valence electrons. The lowest BCUT2D eigenvalue weighted by molar-refractivity contribution is 0.199. The Balaban J connectivity index is 1.62. The van der Waals surface area contributed by atoms with E-state index in [1.807, 2.05) is 0 Å². The van der Waals surface area contributed by atoms with Gasteiger partial charge in [0, 0.05) is 18.6 Å². The first kappa shape index (κ1) is 12.4. The molecule has 2 aliphatic carbocycles. The van der Waals surface area contributed by atoms with Crippen LogP contribution < -0.4 is 5.32 Å². The van der Waals surface area contributed by atoms with E-state index in [1.54, 1.807) is 0 Å². The average molecular weight is 225 g/mol. The van der Waals surface area contributed by atoms with Gasteiger partial charge in [-0.05, 0) is 44.1 Å². The summed E-state index contributed by atoms with van der Waals surface area (Å²) in [6.07, 6.45) is 9.52. The number of hydrogen-bond donors (Lipinski definition) is 2. The molecule has 0 amide bonds. The Morgan fingerprint density at radius 1 is 1.25 bits per heavy atom. The van der Waals surface area contributed by atoms with Crippen molar-refractivity contribution in [2.45, 2.75) is 51.9 Å². The van der Waals surface area contributed by atoms with Gasteiger partial charge in [-0.25, -0.2) is 0 Å². The van der Waals surface area contributed by atoms with E-state index < -0.39 is 0 Å². The molecule has 2 unspecified atom stereocenters. The molecular formula is C14H27NO. The van der Waals surface area contributed by atoms with Gasteiger partial charge in [0.15, 0.2) is 0 Å². The van der Waals surface area contributed by atoms with Crippen LogP contribution in [0.25, 0.3) is 0 Å². The summed E-state index contributed by atoms with van der Waals surface area (Å²) in [6.45, 7) is 4.92. The van der Waals surface area contributed by atoms with Gasteiger partial charge in [0.1, 0.15) is 0 Å². The molecular weight excluding hydrogens is 198 g/mol. The first-order valence-electron chi connectivity index (χ1n) is 7.09. The Labute approximate surface area is 99.8 Å². The first-order chi connectivity index (χ1) is 7.78. The Bertz CT molecular complexity index is 213. The molecule has 2 aliphatic rings. The van der Waals surface area contributed by atoms with E-state index in [0.29, 0.717) is 6.61 Å². The lowest BCUT2D eigenvalue weighted by Crippen LogP contribution is -2.32. The lowest BCUT2D eigenvalue weighted by atomic mass is 9.80. The zero-order valence-corrected chi connectivity index (χ0v) is 10.7. The second-order valence-electron chi connectivity index (χ2n) is 6.10. The molecule has 2 rings (SSSR count). The molecule has 0 aromatic rings. The van der Waals surface area contributed by atoms with Gasteiger partial charge in [0.2, 0.25) is 0 Å². The minimum absolute atomic E-state index is 0.277. The highest BCUT2D eigenvalue weighted by atomic mass is 16.3. The van der Waals surface area contributed by atoms with Crippen LogP contribution >= 0.6 is 0 Å². The zero-order chi connectivity index (χ0) is 11.4. The predicted octanol–water partition coefficient (Wildman–Crippen LogP) is 2.56. The number of nitrogens with one attached hydrogen (secondary N) is 1. The fourth-order valence-corrected chi connectivity index (χ4v) is 3.07. The molecule has 2 nitrogen and oxygen atoms in total. The minimum Gasteiger partial charge on any atom is -0.396 e. The van der Waals surface area contributed by atoms with Gasteiger partial charge in [-0.15, -0.1) is 0 Å². The minimum atomic E-state index is 0.277. The first-order valence-corrected chi connectivity index (χ1v) is 7.09. The van der Waals surface area contributed by atoms with Crippen molar-refractivity contribution in [2.75, 3.05) is 19.7 Å². The molecule has 0 saturated heterocycles. The standard InChI is InChI=1S/C14H27NO/c1-2-12-4-3-5-13(8-12)9-15-10-14(11-16)6-7-14/h12-13,15-16H,2-11H2,1H3. The van der Waals surface area contributed by atoms with Gasteiger partial charge in [0.05, 0.1) is 0 Å². The van der Waals surface area contributed by atoms with E-state index in [4.69, 9.17) is 0 Å². The fourth-order valence-electron chi connectivity index (χ4n) is 3.07. The third-order valence-electron chi connectivity index (χ3n) is 4.69. The van der Waals surface area contributed by atoms with E-state index >= 15 is 0 Å². The molecule has 2 N–H and O–H groups in total. The van der Waals surface area contributed by atoms with Crippen LogP contribution in [-0.4, -0.2) is 24.8 Å². The van der Waals surface area contributed by atoms with Crippen molar-refractivity contribution in [3.05, 3.63) is 0 Å². The summed E-state index contributed by atoms with van der Waals surface area (Å²) in [7, 11) is 0. The highest BCUT2D eigenvalue weighted by Crippen LogP contribution is 2.44. The molecule has 0 aliphatic heterocycles. The largest absolute Gasteiger partial charge is 0.396 e. The zero-order valence-electron chi connectivity index (χ0n) is 10.7. The third kappa shape index (κ3) is 3.21. The van der Waals surface area contributed by atoms with Crippen LogP contribution in [0.2, 0.25) is 0 Å². The molecule has 2 atom stereocenters. The van der Waals surface area contributed by atoms with Gasteiger partial charge in [-0.1, -0.05) is 26.2 Å². The molecule has 16 heavy (non-hydrogen) atoms. The van der Waals surface area contributed by atoms with Crippen LogP contribution in [0.1, 0.15) is 51.9 Å². The summed E-state index contributed by atoms with van der Waals surface area (Å²) in [4.78, 5) is 0. The molecule has 2 saturated carbocycles. The van der Waals surface area contributed by atoms with Crippen LogP contribution in [0.4, 0.5) is 0 Å². The van der Waals surface area contributed by atoms with Crippen LogP contribution in [0.3, 0.4) is 0 Å². The van der Waals surface area contributed by atoms with Crippen LogP contribution in [0, 0.1) is 17.3 Å². The third-order valence-corrected chi connectivity index (χ3v) is 4.69. The Hall–Kier alpha value is -0.0800. The fraction of sp³-hybridized carbons (Fsp3) is 1.00. The van der Waals surface area contributed by atoms with Crippen LogP contribution in [0.5, 0.6) is 0 Å². The summed E-state index contributed by atoms with van der Waals surface area (Å²) in [5.74, 6) is 1.88. The van der Waals surface area contributed by atoms with Gasteiger partial charge < -0.3 is 10.4 Å². The lowest BCUT2D eigenvalue weighted by Gasteiger charge is -2.29. The quantitative estimate of drug-likeness (QED) is 0.728. The SMILES string of the molecule is CCC1CCCC(CNCC2(CO)CC2)C1. The van der Waals surface area contributed by atoms with Crippen molar-refractivity contribution in [2.24, 2.45) is 17.3 Å². The van der Waals surface area contributed by atoms with E-state index in [1.165, 1.54) is 51.5 Å². The topological polar surface area (TPSA) is 32.3 Å². The number of aliphatic hydroxyl groups excluding tert-OH is 1. The van der Waals surface area contributed by atoms with E-state index in [9.17, 15) is 5.11 Å². The van der Waals surface area contributed by atoms with Gasteiger partial charge >= 0.3 is 0 Å². The second-order valence-corrected chi connectivity index (χ2v) is 6.10. The molecule has 2 heteroatoms. The maximum Gasteiger partial charge on any atom is 0.0499 e. The molecule has 0 spiro atoms. The van der Waals surface area contributed by atoms with Gasteiger partial charge in [-0.2, -0.15) is 0 Å². The summed E-state index contributed by atoms with van der Waals surface area (Å²) in [5, 5.41) is 12.8. The number of rotatable bonds is 6. The molecule has 0 radical (unpaired) electrons. The molecule has 0 bridgehead atoms. The summed E-state index contributed by atoms with van der Waals surface area (Å²) in [5.41, 5.74) is 0.277. The summed E-state index contributed by atoms with van der Waals surface area (Å²) >= 11 is 0. The highest BCUT2D eigenvalue weighted by molar-refractivity contribution is 4.94. The number of hydrogen-bond acceptors (Lipinski definition) is 2. The predicted molar refractivity (Wildman–Crippen MR) is 67.4 cm³/mol. The molecule has 0 aromatic heterocycles. The monoisotopic (exact) mass is 225 g/mol. The molecule has 2 fully saturated rings. The van der Waals surface area contributed by atoms with Crippen LogP contribution in [0.15, 0.2) is 0 Å². The average Bonchev–Trinajstić information content (AvgIpc) is 3.10. The van der Waals surface area contributed by atoms with E-state index in [0.717, 1.165) is 18.4 Å². The van der Waals surface area contributed by atoms with Crippen molar-refractivity contribution in [3.8, 4) is 0 Å². The maximum atomic E-state index is 9.23. The molecule has 0 aromatic carbocycles. The Morgan fingerprint density at radius 2 is 2.00 bits per heavy atom. The van der Waals surface area contributed by atoms with Gasteiger partial charge in [-0.3, -0.25) is 0 Å². The van der Waals surface area contributed by atoms with E-state index in [2.05, 4.69) is 12.2 Å². The van der Waals surface area contributed by atoms with Crippen molar-refractivity contribution in [1.82, 2.24) is 5.32 Å². The van der Waals surface area contributed by atoms with Crippen molar-refractivity contribution >= 4 is 0 Å². The van der Waals surface area contributed by atoms with Crippen LogP contribution in [-0.2, 0) is 0 Å². The normalized spacial score (nSPS) is 32.6. The number of aliphatic hydroxyl groups is 1. The summed E-state index contributed by atoms with van der Waals surface area (Å²) < 4.78 is 0. The van der Waals surface area contributed by atoms with Crippen molar-refractivity contribution in [1.29, 1.82) is 0 Å². The maximum absolute atomic E-state index is 9.23. The smallest absolute Gasteiger partial charge is 0.0499 e. The van der Waals surface area contributed by atoms with E-state index in [-0.39, 0.29) is 5.41 Å². The second kappa shape index (κ2) is 5.50. The Morgan fingerprint density at radius 3 is 2.62 bits per heavy atom. The van der Waals surface area contributed by atoms with Crippen molar-refractivity contribution in [3.63, 3.8) is 0 Å².